The maximum Gasteiger partial charge on any atom is 0.324 e. The van der Waals surface area contributed by atoms with Crippen LogP contribution in [0, 0.1) is 0 Å². The predicted octanol–water partition coefficient (Wildman–Crippen LogP) is 0.837. The van der Waals surface area contributed by atoms with E-state index in [0.717, 1.165) is 12.8 Å². The second kappa shape index (κ2) is 5.81. The van der Waals surface area contributed by atoms with Crippen LogP contribution < -0.4 is 14.4 Å². The van der Waals surface area contributed by atoms with Crippen molar-refractivity contribution in [3.8, 4) is 12.0 Å². The van der Waals surface area contributed by atoms with Crippen molar-refractivity contribution in [3.05, 3.63) is 0 Å². The van der Waals surface area contributed by atoms with Gasteiger partial charge in [-0.3, -0.25) is 4.79 Å². The molecule has 1 aromatic heterocycles. The normalized spacial score (nSPS) is 16.3. The van der Waals surface area contributed by atoms with E-state index in [2.05, 4.69) is 15.0 Å². The summed E-state index contributed by atoms with van der Waals surface area (Å²) in [4.78, 5) is 25.6. The summed E-state index contributed by atoms with van der Waals surface area (Å²) in [7, 11) is 4.91. The van der Waals surface area contributed by atoms with Crippen molar-refractivity contribution in [2.45, 2.75) is 31.7 Å². The summed E-state index contributed by atoms with van der Waals surface area (Å²) in [5.74, 6) is 0.832. The number of Topliss-reactive ketones (excluding diaryl/α,β-unsaturated/α-hetero) is 1. The zero-order valence-corrected chi connectivity index (χ0v) is 11.4. The van der Waals surface area contributed by atoms with Crippen LogP contribution in [0.5, 0.6) is 12.0 Å². The number of ether oxygens (including phenoxy) is 2. The Morgan fingerprint density at radius 2 is 1.58 bits per heavy atom. The van der Waals surface area contributed by atoms with Crippen molar-refractivity contribution < 1.29 is 14.3 Å². The van der Waals surface area contributed by atoms with E-state index < -0.39 is 0 Å². The highest BCUT2D eigenvalue weighted by Crippen LogP contribution is 2.24. The second-order valence-electron chi connectivity index (χ2n) is 4.49. The molecule has 0 amide bonds. The molecule has 0 spiro atoms. The molecule has 1 aliphatic carbocycles. The van der Waals surface area contributed by atoms with Crippen LogP contribution in [0.25, 0.3) is 0 Å². The van der Waals surface area contributed by atoms with E-state index >= 15 is 0 Å². The van der Waals surface area contributed by atoms with E-state index in [1.54, 1.807) is 0 Å². The summed E-state index contributed by atoms with van der Waals surface area (Å²) in [5, 5.41) is 0. The molecule has 0 N–H and O–H groups in total. The third-order valence-corrected chi connectivity index (χ3v) is 3.32. The fourth-order valence-electron chi connectivity index (χ4n) is 2.14. The van der Waals surface area contributed by atoms with Gasteiger partial charge in [0.15, 0.2) is 0 Å². The minimum atomic E-state index is 0.223. The summed E-state index contributed by atoms with van der Waals surface area (Å²) in [6.07, 6.45) is 2.89. The van der Waals surface area contributed by atoms with E-state index in [9.17, 15) is 4.79 Å². The van der Waals surface area contributed by atoms with Crippen LogP contribution in [0.3, 0.4) is 0 Å². The summed E-state index contributed by atoms with van der Waals surface area (Å²) >= 11 is 0. The van der Waals surface area contributed by atoms with E-state index in [1.807, 2.05) is 11.9 Å². The van der Waals surface area contributed by atoms with Crippen molar-refractivity contribution in [1.82, 2.24) is 15.0 Å². The van der Waals surface area contributed by atoms with Gasteiger partial charge in [-0.25, -0.2) is 0 Å². The van der Waals surface area contributed by atoms with Gasteiger partial charge in [-0.1, -0.05) is 0 Å². The molecule has 104 valence electrons. The Hall–Kier alpha value is -1.92. The summed E-state index contributed by atoms with van der Waals surface area (Å²) in [6.45, 7) is 0. The molecule has 1 aromatic rings. The topological polar surface area (TPSA) is 77.4 Å². The number of hydrogen-bond donors (Lipinski definition) is 0. The molecule has 7 nitrogen and oxygen atoms in total. The number of aromatic nitrogens is 3. The van der Waals surface area contributed by atoms with E-state index in [-0.39, 0.29) is 18.1 Å². The number of carbonyl (C=O) groups excluding carboxylic acids is 1. The van der Waals surface area contributed by atoms with Crippen molar-refractivity contribution in [1.29, 1.82) is 0 Å². The molecule has 1 saturated carbocycles. The van der Waals surface area contributed by atoms with Gasteiger partial charge in [-0.05, 0) is 12.8 Å². The minimum Gasteiger partial charge on any atom is -0.467 e. The van der Waals surface area contributed by atoms with Gasteiger partial charge in [-0.2, -0.15) is 9.97 Å². The molecular weight excluding hydrogens is 248 g/mol. The molecule has 19 heavy (non-hydrogen) atoms. The molecule has 7 heteroatoms. The van der Waals surface area contributed by atoms with Crippen LogP contribution >= 0.6 is 0 Å². The summed E-state index contributed by atoms with van der Waals surface area (Å²) in [5.41, 5.74) is 0. The lowest BCUT2D eigenvalue weighted by molar-refractivity contribution is -0.120. The third-order valence-electron chi connectivity index (χ3n) is 3.32. The molecule has 0 atom stereocenters. The highest BCUT2D eigenvalue weighted by Gasteiger charge is 2.24. The van der Waals surface area contributed by atoms with E-state index in [1.165, 1.54) is 14.2 Å². The van der Waals surface area contributed by atoms with Crippen LogP contribution in [-0.4, -0.2) is 48.0 Å². The van der Waals surface area contributed by atoms with Gasteiger partial charge in [0.25, 0.3) is 0 Å². The maximum atomic E-state index is 11.3. The summed E-state index contributed by atoms with van der Waals surface area (Å²) in [6, 6.07) is 0.704. The first-order valence-corrected chi connectivity index (χ1v) is 6.22. The average Bonchev–Trinajstić information content (AvgIpc) is 2.46. The van der Waals surface area contributed by atoms with Gasteiger partial charge in [0.1, 0.15) is 5.78 Å². The first-order chi connectivity index (χ1) is 9.13. The highest BCUT2D eigenvalue weighted by atomic mass is 16.5. The Morgan fingerprint density at radius 3 is 2.05 bits per heavy atom. The maximum absolute atomic E-state index is 11.3. The minimum absolute atomic E-state index is 0.223. The van der Waals surface area contributed by atoms with Crippen molar-refractivity contribution in [3.63, 3.8) is 0 Å². The number of hydrogen-bond acceptors (Lipinski definition) is 7. The smallest absolute Gasteiger partial charge is 0.324 e. The van der Waals surface area contributed by atoms with Gasteiger partial charge in [-0.15, -0.1) is 4.98 Å². The van der Waals surface area contributed by atoms with Gasteiger partial charge in [0.2, 0.25) is 5.95 Å². The van der Waals surface area contributed by atoms with Crippen molar-refractivity contribution in [2.24, 2.45) is 0 Å². The van der Waals surface area contributed by atoms with E-state index in [0.29, 0.717) is 24.6 Å². The Kier molecular flexibility index (Phi) is 4.13. The molecule has 1 heterocycles. The summed E-state index contributed by atoms with van der Waals surface area (Å²) < 4.78 is 10.1. The molecule has 1 fully saturated rings. The third kappa shape index (κ3) is 3.10. The quantitative estimate of drug-likeness (QED) is 0.799. The van der Waals surface area contributed by atoms with Crippen LogP contribution in [0.2, 0.25) is 0 Å². The number of nitrogens with zero attached hydrogens (tertiary/aromatic N) is 4. The number of methoxy groups -OCH3 is 2. The van der Waals surface area contributed by atoms with E-state index in [4.69, 9.17) is 9.47 Å². The fourth-order valence-corrected chi connectivity index (χ4v) is 2.14. The number of ketones is 1. The molecule has 0 saturated heterocycles. The Bertz CT molecular complexity index is 434. The van der Waals surface area contributed by atoms with Crippen molar-refractivity contribution >= 4 is 11.7 Å². The number of anilines is 1. The van der Waals surface area contributed by atoms with Crippen LogP contribution in [0.4, 0.5) is 5.95 Å². The van der Waals surface area contributed by atoms with Gasteiger partial charge < -0.3 is 14.4 Å². The standard InChI is InChI=1S/C12H18N4O3/c1-16(8-4-6-9(17)7-5-8)10-13-11(18-2)15-12(14-10)19-3/h8H,4-7H2,1-3H3. The Labute approximate surface area is 112 Å². The van der Waals surface area contributed by atoms with Gasteiger partial charge in [0.05, 0.1) is 14.2 Å². The number of rotatable bonds is 4. The van der Waals surface area contributed by atoms with Crippen LogP contribution in [0.15, 0.2) is 0 Å². The first kappa shape index (κ1) is 13.5. The van der Waals surface area contributed by atoms with Gasteiger partial charge >= 0.3 is 12.0 Å². The predicted molar refractivity (Wildman–Crippen MR) is 68.6 cm³/mol. The molecule has 0 unspecified atom stereocenters. The monoisotopic (exact) mass is 266 g/mol. The largest absolute Gasteiger partial charge is 0.467 e. The SMILES string of the molecule is COc1nc(OC)nc(N(C)C2CCC(=O)CC2)n1. The lowest BCUT2D eigenvalue weighted by Crippen LogP contribution is -2.36. The van der Waals surface area contributed by atoms with Crippen molar-refractivity contribution in [2.75, 3.05) is 26.2 Å². The second-order valence-corrected chi connectivity index (χ2v) is 4.49. The molecule has 2 rings (SSSR count). The molecular formula is C12H18N4O3. The lowest BCUT2D eigenvalue weighted by Gasteiger charge is -2.30. The molecule has 1 aliphatic rings. The van der Waals surface area contributed by atoms with Crippen LogP contribution in [0.1, 0.15) is 25.7 Å². The molecule has 0 bridgehead atoms. The Balaban J connectivity index is 2.17. The van der Waals surface area contributed by atoms with Crippen LogP contribution in [-0.2, 0) is 4.79 Å². The molecule has 0 radical (unpaired) electrons. The lowest BCUT2D eigenvalue weighted by atomic mass is 9.94. The number of carbonyl (C=O) groups is 1. The van der Waals surface area contributed by atoms with Gasteiger partial charge in [0, 0.05) is 25.9 Å². The zero-order valence-electron chi connectivity index (χ0n) is 11.4. The molecule has 0 aromatic carbocycles. The first-order valence-electron chi connectivity index (χ1n) is 6.22. The zero-order chi connectivity index (χ0) is 13.8. The highest BCUT2D eigenvalue weighted by molar-refractivity contribution is 5.79. The fraction of sp³-hybridized carbons (Fsp3) is 0.667. The Morgan fingerprint density at radius 1 is 1.05 bits per heavy atom. The molecule has 0 aliphatic heterocycles. The average molecular weight is 266 g/mol.